The molecule has 1 aliphatic rings. The van der Waals surface area contributed by atoms with E-state index < -0.39 is 5.60 Å². The van der Waals surface area contributed by atoms with Crippen molar-refractivity contribution in [3.8, 4) is 0 Å². The van der Waals surface area contributed by atoms with Gasteiger partial charge in [-0.15, -0.1) is 0 Å². The first-order valence-corrected chi connectivity index (χ1v) is 6.22. The van der Waals surface area contributed by atoms with Gasteiger partial charge in [-0.05, 0) is 41.1 Å². The maximum atomic E-state index is 10.7. The van der Waals surface area contributed by atoms with E-state index in [1.54, 1.807) is 10.9 Å². The molecule has 3 nitrogen and oxygen atoms in total. The molecule has 0 amide bonds. The van der Waals surface area contributed by atoms with Gasteiger partial charge in [0.15, 0.2) is 0 Å². The fourth-order valence-electron chi connectivity index (χ4n) is 2.67. The smallest absolute Gasteiger partial charge is 0.108 e. The molecule has 1 aromatic heterocycles. The quantitative estimate of drug-likeness (QED) is 0.854. The summed E-state index contributed by atoms with van der Waals surface area (Å²) in [5.74, 6) is 0.588. The zero-order valence-corrected chi connectivity index (χ0v) is 10.8. The van der Waals surface area contributed by atoms with Gasteiger partial charge in [0.1, 0.15) is 5.60 Å². The molecule has 0 saturated heterocycles. The minimum absolute atomic E-state index is 0.588. The summed E-state index contributed by atoms with van der Waals surface area (Å²) in [5, 5.41) is 14.8. The predicted molar refractivity (Wildman–Crippen MR) is 62.4 cm³/mol. The summed E-state index contributed by atoms with van der Waals surface area (Å²) in [5.41, 5.74) is 0.232. The lowest BCUT2D eigenvalue weighted by Gasteiger charge is -2.35. The Morgan fingerprint density at radius 3 is 2.93 bits per heavy atom. The van der Waals surface area contributed by atoms with Crippen LogP contribution in [0, 0.1) is 5.92 Å². The minimum atomic E-state index is -0.693. The molecule has 2 atom stereocenters. The lowest BCUT2D eigenvalue weighted by molar-refractivity contribution is -0.0252. The van der Waals surface area contributed by atoms with Crippen molar-refractivity contribution in [3.05, 3.63) is 16.4 Å². The Hall–Kier alpha value is -0.350. The van der Waals surface area contributed by atoms with Gasteiger partial charge in [0.05, 0.1) is 16.4 Å². The van der Waals surface area contributed by atoms with E-state index in [0.29, 0.717) is 5.92 Å². The molecule has 0 spiro atoms. The maximum absolute atomic E-state index is 10.7. The van der Waals surface area contributed by atoms with Crippen LogP contribution in [0.1, 0.15) is 38.3 Å². The molecule has 84 valence electrons. The van der Waals surface area contributed by atoms with Crippen LogP contribution in [0.3, 0.4) is 0 Å². The lowest BCUT2D eigenvalue weighted by atomic mass is 9.77. The van der Waals surface area contributed by atoms with Crippen LogP contribution < -0.4 is 0 Å². The molecule has 15 heavy (non-hydrogen) atoms. The number of aliphatic hydroxyl groups is 1. The van der Waals surface area contributed by atoms with Crippen LogP contribution in [-0.4, -0.2) is 14.9 Å². The highest BCUT2D eigenvalue weighted by atomic mass is 79.9. The number of aromatic nitrogens is 2. The van der Waals surface area contributed by atoms with Crippen molar-refractivity contribution in [2.24, 2.45) is 13.0 Å². The highest BCUT2D eigenvalue weighted by Crippen LogP contribution is 2.41. The van der Waals surface area contributed by atoms with E-state index in [0.717, 1.165) is 29.4 Å². The summed E-state index contributed by atoms with van der Waals surface area (Å²) in [6.45, 7) is 2.20. The topological polar surface area (TPSA) is 38.1 Å². The SMILES string of the molecule is CC1CCCC(O)(c2c(Br)cnn2C)C1. The molecule has 1 saturated carbocycles. The molecule has 2 rings (SSSR count). The van der Waals surface area contributed by atoms with Crippen LogP contribution in [0.25, 0.3) is 0 Å². The van der Waals surface area contributed by atoms with Gasteiger partial charge >= 0.3 is 0 Å². The van der Waals surface area contributed by atoms with Crippen LogP contribution >= 0.6 is 15.9 Å². The summed E-state index contributed by atoms with van der Waals surface area (Å²) >= 11 is 3.46. The van der Waals surface area contributed by atoms with Crippen LogP contribution in [0.4, 0.5) is 0 Å². The van der Waals surface area contributed by atoms with Gasteiger partial charge in [-0.2, -0.15) is 5.10 Å². The molecule has 1 aromatic rings. The Labute approximate surface area is 98.6 Å². The van der Waals surface area contributed by atoms with E-state index in [2.05, 4.69) is 28.0 Å². The summed E-state index contributed by atoms with van der Waals surface area (Å²) in [7, 11) is 1.89. The van der Waals surface area contributed by atoms with Gasteiger partial charge in [0, 0.05) is 7.05 Å². The van der Waals surface area contributed by atoms with Crippen LogP contribution in [0.5, 0.6) is 0 Å². The first kappa shape index (κ1) is 11.1. The number of hydrogen-bond donors (Lipinski definition) is 1. The van der Waals surface area contributed by atoms with Gasteiger partial charge in [0.25, 0.3) is 0 Å². The first-order chi connectivity index (χ1) is 7.03. The zero-order valence-electron chi connectivity index (χ0n) is 9.20. The molecule has 0 aliphatic heterocycles. The van der Waals surface area contributed by atoms with Crippen LogP contribution in [0.2, 0.25) is 0 Å². The highest BCUT2D eigenvalue weighted by Gasteiger charge is 2.38. The number of nitrogens with zero attached hydrogens (tertiary/aromatic N) is 2. The molecular weight excluding hydrogens is 256 g/mol. The Bertz CT molecular complexity index is 344. The van der Waals surface area contributed by atoms with E-state index in [9.17, 15) is 5.11 Å². The fraction of sp³-hybridized carbons (Fsp3) is 0.727. The first-order valence-electron chi connectivity index (χ1n) is 5.43. The van der Waals surface area contributed by atoms with Gasteiger partial charge in [0.2, 0.25) is 0 Å². The predicted octanol–water partition coefficient (Wildman–Crippen LogP) is 2.58. The summed E-state index contributed by atoms with van der Waals surface area (Å²) in [6.07, 6.45) is 5.75. The molecule has 2 unspecified atom stereocenters. The van der Waals surface area contributed by atoms with Gasteiger partial charge < -0.3 is 5.11 Å². The van der Waals surface area contributed by atoms with Crippen LogP contribution in [0.15, 0.2) is 10.7 Å². The van der Waals surface area contributed by atoms with E-state index in [-0.39, 0.29) is 0 Å². The minimum Gasteiger partial charge on any atom is -0.384 e. The molecule has 0 radical (unpaired) electrons. The molecule has 4 heteroatoms. The van der Waals surface area contributed by atoms with Crippen LogP contribution in [-0.2, 0) is 12.6 Å². The lowest BCUT2D eigenvalue weighted by Crippen LogP contribution is -2.34. The fourth-order valence-corrected chi connectivity index (χ4v) is 3.39. The number of hydrogen-bond acceptors (Lipinski definition) is 2. The molecule has 1 aliphatic carbocycles. The molecule has 1 heterocycles. The van der Waals surface area contributed by atoms with Gasteiger partial charge in [-0.25, -0.2) is 0 Å². The van der Waals surface area contributed by atoms with Crippen molar-refractivity contribution < 1.29 is 5.11 Å². The number of halogens is 1. The molecule has 0 aromatic carbocycles. The van der Waals surface area contributed by atoms with E-state index in [4.69, 9.17) is 0 Å². The van der Waals surface area contributed by atoms with E-state index in [1.807, 2.05) is 7.05 Å². The third-order valence-corrected chi connectivity index (χ3v) is 3.89. The second-order valence-corrected chi connectivity index (χ2v) is 5.55. The van der Waals surface area contributed by atoms with Crippen molar-refractivity contribution in [2.45, 2.75) is 38.2 Å². The monoisotopic (exact) mass is 272 g/mol. The standard InChI is InChI=1S/C11H17BrN2O/c1-8-4-3-5-11(15,6-8)10-9(12)7-13-14(10)2/h7-8,15H,3-6H2,1-2H3. The second kappa shape index (κ2) is 3.91. The summed E-state index contributed by atoms with van der Waals surface area (Å²) in [4.78, 5) is 0. The van der Waals surface area contributed by atoms with Crippen molar-refractivity contribution in [1.29, 1.82) is 0 Å². The van der Waals surface area contributed by atoms with Crippen molar-refractivity contribution in [2.75, 3.05) is 0 Å². The summed E-state index contributed by atoms with van der Waals surface area (Å²) in [6, 6.07) is 0. The Balaban J connectivity index is 2.36. The third-order valence-electron chi connectivity index (χ3n) is 3.31. The molecule has 1 fully saturated rings. The maximum Gasteiger partial charge on any atom is 0.108 e. The molecular formula is C11H17BrN2O. The molecule has 0 bridgehead atoms. The van der Waals surface area contributed by atoms with Crippen molar-refractivity contribution >= 4 is 15.9 Å². The van der Waals surface area contributed by atoms with Gasteiger partial charge in [-0.1, -0.05) is 13.3 Å². The average molecular weight is 273 g/mol. The Morgan fingerprint density at radius 2 is 2.40 bits per heavy atom. The largest absolute Gasteiger partial charge is 0.384 e. The van der Waals surface area contributed by atoms with E-state index in [1.165, 1.54) is 6.42 Å². The average Bonchev–Trinajstić information content (AvgIpc) is 2.46. The Morgan fingerprint density at radius 1 is 1.67 bits per heavy atom. The van der Waals surface area contributed by atoms with Crippen molar-refractivity contribution in [1.82, 2.24) is 9.78 Å². The number of aryl methyl sites for hydroxylation is 1. The van der Waals surface area contributed by atoms with Gasteiger partial charge in [-0.3, -0.25) is 4.68 Å². The highest BCUT2D eigenvalue weighted by molar-refractivity contribution is 9.10. The summed E-state index contributed by atoms with van der Waals surface area (Å²) < 4.78 is 2.70. The number of rotatable bonds is 1. The third kappa shape index (κ3) is 1.97. The zero-order chi connectivity index (χ0) is 11.1. The normalized spacial score (nSPS) is 31.9. The van der Waals surface area contributed by atoms with Crippen molar-refractivity contribution in [3.63, 3.8) is 0 Å². The molecule has 1 N–H and O–H groups in total. The Kier molecular flexibility index (Phi) is 2.90. The van der Waals surface area contributed by atoms with E-state index >= 15 is 0 Å². The second-order valence-electron chi connectivity index (χ2n) is 4.70.